The van der Waals surface area contributed by atoms with Gasteiger partial charge in [-0.3, -0.25) is 4.79 Å². The number of aromatic nitrogens is 1. The van der Waals surface area contributed by atoms with Crippen molar-refractivity contribution in [1.29, 1.82) is 0 Å². The third-order valence-corrected chi connectivity index (χ3v) is 3.46. The summed E-state index contributed by atoms with van der Waals surface area (Å²) in [6, 6.07) is 3.61. The molecule has 2 rings (SSSR count). The van der Waals surface area contributed by atoms with Gasteiger partial charge in [0.25, 0.3) is 0 Å². The maximum Gasteiger partial charge on any atom is 0.229 e. The summed E-state index contributed by atoms with van der Waals surface area (Å²) in [5.74, 6) is 0.368. The van der Waals surface area contributed by atoms with E-state index in [4.69, 9.17) is 9.47 Å². The number of methoxy groups -OCH3 is 1. The van der Waals surface area contributed by atoms with Gasteiger partial charge >= 0.3 is 0 Å². The number of hydrogen-bond donors (Lipinski definition) is 1. The van der Waals surface area contributed by atoms with Gasteiger partial charge in [-0.05, 0) is 31.7 Å². The molecule has 0 radical (unpaired) electrons. The summed E-state index contributed by atoms with van der Waals surface area (Å²) in [5, 5.41) is 2.81. The van der Waals surface area contributed by atoms with E-state index in [0.29, 0.717) is 24.3 Å². The number of pyridine rings is 1. The van der Waals surface area contributed by atoms with Crippen molar-refractivity contribution < 1.29 is 14.3 Å². The van der Waals surface area contributed by atoms with Gasteiger partial charge in [0.15, 0.2) is 0 Å². The molecular formula is C15H22N2O3. The lowest BCUT2D eigenvalue weighted by atomic mass is 10.2. The van der Waals surface area contributed by atoms with Crippen molar-refractivity contribution >= 4 is 11.6 Å². The number of anilines is 1. The number of nitrogens with zero attached hydrogens (tertiary/aromatic N) is 1. The van der Waals surface area contributed by atoms with E-state index >= 15 is 0 Å². The number of carbonyl (C=O) groups is 1. The molecular weight excluding hydrogens is 256 g/mol. The fraction of sp³-hybridized carbons (Fsp3) is 0.600. The molecule has 20 heavy (non-hydrogen) atoms. The molecule has 1 unspecified atom stereocenters. The smallest absolute Gasteiger partial charge is 0.229 e. The van der Waals surface area contributed by atoms with E-state index in [1.165, 1.54) is 12.8 Å². The Labute approximate surface area is 119 Å². The number of ether oxygens (including phenoxy) is 2. The first-order chi connectivity index (χ1) is 9.69. The van der Waals surface area contributed by atoms with Gasteiger partial charge in [-0.15, -0.1) is 0 Å². The highest BCUT2D eigenvalue weighted by Gasteiger charge is 2.17. The molecule has 0 aromatic carbocycles. The lowest BCUT2D eigenvalue weighted by molar-refractivity contribution is -0.120. The number of carbonyl (C=O) groups excluding carboxylic acids is 1. The van der Waals surface area contributed by atoms with Crippen LogP contribution in [0.5, 0.6) is 5.88 Å². The van der Waals surface area contributed by atoms with Crippen molar-refractivity contribution in [3.8, 4) is 5.88 Å². The normalized spacial score (nSPS) is 16.9. The van der Waals surface area contributed by atoms with E-state index in [1.54, 1.807) is 19.4 Å². The lowest BCUT2D eigenvalue weighted by Gasteiger charge is -2.13. The molecule has 1 heterocycles. The zero-order valence-corrected chi connectivity index (χ0v) is 12.1. The van der Waals surface area contributed by atoms with Crippen LogP contribution in [0.2, 0.25) is 0 Å². The van der Waals surface area contributed by atoms with Crippen molar-refractivity contribution in [2.75, 3.05) is 19.0 Å². The topological polar surface area (TPSA) is 60.5 Å². The highest BCUT2D eigenvalue weighted by atomic mass is 16.5. The largest absolute Gasteiger partial charge is 0.474 e. The zero-order chi connectivity index (χ0) is 14.4. The molecule has 1 atom stereocenters. The number of amides is 1. The van der Waals surface area contributed by atoms with Crippen LogP contribution in [0.15, 0.2) is 18.3 Å². The predicted octanol–water partition coefficient (Wildman–Crippen LogP) is 2.62. The Morgan fingerprint density at radius 3 is 2.80 bits per heavy atom. The highest BCUT2D eigenvalue weighted by molar-refractivity contribution is 5.92. The van der Waals surface area contributed by atoms with Crippen LogP contribution in [0.3, 0.4) is 0 Å². The van der Waals surface area contributed by atoms with Crippen LogP contribution < -0.4 is 10.1 Å². The van der Waals surface area contributed by atoms with Gasteiger partial charge in [0, 0.05) is 13.2 Å². The molecule has 5 nitrogen and oxygen atoms in total. The van der Waals surface area contributed by atoms with Gasteiger partial charge in [-0.2, -0.15) is 0 Å². The van der Waals surface area contributed by atoms with E-state index in [2.05, 4.69) is 10.3 Å². The minimum atomic E-state index is -0.186. The Morgan fingerprint density at radius 1 is 1.45 bits per heavy atom. The van der Waals surface area contributed by atoms with Crippen molar-refractivity contribution in [1.82, 2.24) is 4.98 Å². The average Bonchev–Trinajstić information content (AvgIpc) is 2.94. The summed E-state index contributed by atoms with van der Waals surface area (Å²) in [6.07, 6.45) is 6.60. The van der Waals surface area contributed by atoms with Gasteiger partial charge < -0.3 is 14.8 Å². The number of rotatable bonds is 6. The molecule has 1 N–H and O–H groups in total. The molecule has 0 bridgehead atoms. The summed E-state index contributed by atoms with van der Waals surface area (Å²) in [6.45, 7) is 2.23. The third kappa shape index (κ3) is 4.20. The fourth-order valence-corrected chi connectivity index (χ4v) is 2.29. The maximum absolute atomic E-state index is 11.8. The van der Waals surface area contributed by atoms with Crippen LogP contribution in [0.25, 0.3) is 0 Å². The molecule has 0 spiro atoms. The van der Waals surface area contributed by atoms with Gasteiger partial charge in [0.05, 0.1) is 24.4 Å². The van der Waals surface area contributed by atoms with Crippen LogP contribution in [-0.2, 0) is 9.53 Å². The van der Waals surface area contributed by atoms with E-state index in [0.717, 1.165) is 12.8 Å². The summed E-state index contributed by atoms with van der Waals surface area (Å²) >= 11 is 0. The summed E-state index contributed by atoms with van der Waals surface area (Å²) in [5.41, 5.74) is 0.678. The monoisotopic (exact) mass is 278 g/mol. The first-order valence-electron chi connectivity index (χ1n) is 7.11. The van der Waals surface area contributed by atoms with Gasteiger partial charge in [0.1, 0.15) is 6.10 Å². The van der Waals surface area contributed by atoms with Gasteiger partial charge in [-0.1, -0.05) is 6.92 Å². The minimum absolute atomic E-state index is 0.0712. The molecule has 1 aromatic rings. The fourth-order valence-electron chi connectivity index (χ4n) is 2.29. The van der Waals surface area contributed by atoms with Crippen LogP contribution in [-0.4, -0.2) is 30.7 Å². The molecule has 0 saturated heterocycles. The third-order valence-electron chi connectivity index (χ3n) is 3.46. The molecule has 0 aliphatic heterocycles. The van der Waals surface area contributed by atoms with Crippen molar-refractivity contribution in [2.24, 2.45) is 5.92 Å². The van der Waals surface area contributed by atoms with Crippen molar-refractivity contribution in [3.05, 3.63) is 18.3 Å². The quantitative estimate of drug-likeness (QED) is 0.869. The SMILES string of the molecule is COCC(C)C(=O)Nc1ccc(OC2CCCC2)nc1. The Morgan fingerprint density at radius 2 is 2.20 bits per heavy atom. The predicted molar refractivity (Wildman–Crippen MR) is 76.8 cm³/mol. The lowest BCUT2D eigenvalue weighted by Crippen LogP contribution is -2.23. The van der Waals surface area contributed by atoms with Crippen LogP contribution in [0.1, 0.15) is 32.6 Å². The molecule has 110 valence electrons. The first kappa shape index (κ1) is 14.8. The Kier molecular flexibility index (Phi) is 5.35. The Bertz CT molecular complexity index is 427. The zero-order valence-electron chi connectivity index (χ0n) is 12.1. The van der Waals surface area contributed by atoms with E-state index in [9.17, 15) is 4.79 Å². The molecule has 5 heteroatoms. The van der Waals surface area contributed by atoms with Gasteiger partial charge in [0.2, 0.25) is 11.8 Å². The Hall–Kier alpha value is -1.62. The second-order valence-corrected chi connectivity index (χ2v) is 5.26. The first-order valence-corrected chi connectivity index (χ1v) is 7.11. The number of hydrogen-bond acceptors (Lipinski definition) is 4. The standard InChI is InChI=1S/C15H22N2O3/c1-11(10-19-2)15(18)17-12-7-8-14(16-9-12)20-13-5-3-4-6-13/h7-9,11,13H,3-6,10H2,1-2H3,(H,17,18). The molecule has 1 aliphatic rings. The molecule has 1 aromatic heterocycles. The average molecular weight is 278 g/mol. The van der Waals surface area contributed by atoms with Gasteiger partial charge in [-0.25, -0.2) is 4.98 Å². The number of nitrogens with one attached hydrogen (secondary N) is 1. The summed E-state index contributed by atoms with van der Waals surface area (Å²) < 4.78 is 10.7. The second-order valence-electron chi connectivity index (χ2n) is 5.26. The molecule has 1 amide bonds. The maximum atomic E-state index is 11.8. The summed E-state index contributed by atoms with van der Waals surface area (Å²) in [4.78, 5) is 16.0. The molecule has 1 aliphatic carbocycles. The molecule has 1 fully saturated rings. The van der Waals surface area contributed by atoms with Crippen LogP contribution >= 0.6 is 0 Å². The van der Waals surface area contributed by atoms with Crippen LogP contribution in [0.4, 0.5) is 5.69 Å². The van der Waals surface area contributed by atoms with E-state index in [-0.39, 0.29) is 11.8 Å². The summed E-state index contributed by atoms with van der Waals surface area (Å²) in [7, 11) is 1.58. The van der Waals surface area contributed by atoms with Crippen LogP contribution in [0, 0.1) is 5.92 Å². The van der Waals surface area contributed by atoms with Crippen molar-refractivity contribution in [3.63, 3.8) is 0 Å². The Balaban J connectivity index is 1.86. The van der Waals surface area contributed by atoms with E-state index < -0.39 is 0 Å². The highest BCUT2D eigenvalue weighted by Crippen LogP contribution is 2.23. The molecule has 1 saturated carbocycles. The van der Waals surface area contributed by atoms with Crippen molar-refractivity contribution in [2.45, 2.75) is 38.7 Å². The second kappa shape index (κ2) is 7.24. The van der Waals surface area contributed by atoms with E-state index in [1.807, 2.05) is 13.0 Å². The minimum Gasteiger partial charge on any atom is -0.474 e.